The van der Waals surface area contributed by atoms with Gasteiger partial charge >= 0.3 is 0 Å². The highest BCUT2D eigenvalue weighted by molar-refractivity contribution is 5.37. The first kappa shape index (κ1) is 12.9. The number of hydrogen-bond donors (Lipinski definition) is 1. The molecule has 0 atom stereocenters. The van der Waals surface area contributed by atoms with Gasteiger partial charge in [-0.2, -0.15) is 0 Å². The number of nitrogens with zero attached hydrogens (tertiary/aromatic N) is 2. The molecule has 0 saturated carbocycles. The molecule has 16 heavy (non-hydrogen) atoms. The minimum absolute atomic E-state index is 0.0629. The van der Waals surface area contributed by atoms with Crippen LogP contribution in [-0.2, 0) is 11.3 Å². The van der Waals surface area contributed by atoms with Gasteiger partial charge in [-0.1, -0.05) is 13.3 Å². The molecule has 1 aromatic rings. The molecule has 1 rings (SSSR count). The molecule has 0 spiro atoms. The molecule has 90 valence electrons. The third kappa shape index (κ3) is 4.14. The molecule has 0 unspecified atom stereocenters. The van der Waals surface area contributed by atoms with Gasteiger partial charge in [0.1, 0.15) is 12.1 Å². The lowest BCUT2D eigenvalue weighted by atomic mass is 9.99. The molecule has 0 bridgehead atoms. The Morgan fingerprint density at radius 1 is 1.38 bits per heavy atom. The van der Waals surface area contributed by atoms with E-state index < -0.39 is 0 Å². The summed E-state index contributed by atoms with van der Waals surface area (Å²) >= 11 is 0. The quantitative estimate of drug-likeness (QED) is 0.805. The van der Waals surface area contributed by atoms with Gasteiger partial charge in [0.25, 0.3) is 0 Å². The molecule has 0 aliphatic heterocycles. The molecule has 0 aromatic carbocycles. The fourth-order valence-corrected chi connectivity index (χ4v) is 1.73. The zero-order valence-corrected chi connectivity index (χ0v) is 10.6. The van der Waals surface area contributed by atoms with Crippen LogP contribution in [0.3, 0.4) is 0 Å². The van der Waals surface area contributed by atoms with E-state index in [-0.39, 0.29) is 5.54 Å². The first-order chi connectivity index (χ1) is 7.57. The van der Waals surface area contributed by atoms with Crippen molar-refractivity contribution in [3.63, 3.8) is 0 Å². The van der Waals surface area contributed by atoms with Crippen LogP contribution in [0.5, 0.6) is 0 Å². The van der Waals surface area contributed by atoms with Crippen LogP contribution in [0.2, 0.25) is 0 Å². The van der Waals surface area contributed by atoms with E-state index in [1.165, 1.54) is 0 Å². The van der Waals surface area contributed by atoms with Gasteiger partial charge in [0.15, 0.2) is 0 Å². The van der Waals surface area contributed by atoms with E-state index >= 15 is 0 Å². The van der Waals surface area contributed by atoms with E-state index in [1.807, 2.05) is 6.07 Å². The second kappa shape index (κ2) is 5.80. The number of rotatable bonds is 6. The number of aromatic nitrogens is 2. The Hall–Kier alpha value is -1.16. The lowest BCUT2D eigenvalue weighted by molar-refractivity contribution is 0.181. The zero-order chi connectivity index (χ0) is 12.0. The smallest absolute Gasteiger partial charge is 0.130 e. The average molecular weight is 223 g/mol. The van der Waals surface area contributed by atoms with Crippen molar-refractivity contribution in [1.82, 2.24) is 9.97 Å². The predicted molar refractivity (Wildman–Crippen MR) is 65.4 cm³/mol. The molecule has 0 aliphatic carbocycles. The van der Waals surface area contributed by atoms with Crippen molar-refractivity contribution >= 4 is 5.82 Å². The van der Waals surface area contributed by atoms with Crippen molar-refractivity contribution in [3.8, 4) is 0 Å². The Balaban J connectivity index is 2.69. The first-order valence-electron chi connectivity index (χ1n) is 5.65. The molecule has 0 radical (unpaired) electrons. The van der Waals surface area contributed by atoms with E-state index in [9.17, 15) is 0 Å². The second-order valence-corrected chi connectivity index (χ2v) is 4.59. The van der Waals surface area contributed by atoms with Gasteiger partial charge in [-0.15, -0.1) is 0 Å². The van der Waals surface area contributed by atoms with Crippen molar-refractivity contribution in [1.29, 1.82) is 0 Å². The lowest BCUT2D eigenvalue weighted by Gasteiger charge is -2.26. The van der Waals surface area contributed by atoms with Crippen molar-refractivity contribution < 1.29 is 4.74 Å². The Morgan fingerprint density at radius 2 is 2.12 bits per heavy atom. The summed E-state index contributed by atoms with van der Waals surface area (Å²) < 4.78 is 5.04. The van der Waals surface area contributed by atoms with E-state index in [0.717, 1.165) is 24.4 Å². The maximum absolute atomic E-state index is 5.04. The largest absolute Gasteiger partial charge is 0.378 e. The standard InChI is InChI=1S/C12H21N3O/c1-5-6-12(2,3)15-11-7-10(8-16-4)13-9-14-11/h7,9H,5-6,8H2,1-4H3,(H,13,14,15). The van der Waals surface area contributed by atoms with Crippen molar-refractivity contribution in [2.24, 2.45) is 0 Å². The van der Waals surface area contributed by atoms with Crippen LogP contribution in [0.4, 0.5) is 5.82 Å². The highest BCUT2D eigenvalue weighted by Gasteiger charge is 2.16. The Labute approximate surface area is 97.5 Å². The van der Waals surface area contributed by atoms with Crippen LogP contribution in [-0.4, -0.2) is 22.6 Å². The summed E-state index contributed by atoms with van der Waals surface area (Å²) in [4.78, 5) is 8.34. The molecular formula is C12H21N3O. The molecule has 0 amide bonds. The molecule has 4 heteroatoms. The molecule has 0 fully saturated rings. The number of nitrogens with one attached hydrogen (secondary N) is 1. The van der Waals surface area contributed by atoms with Crippen LogP contribution >= 0.6 is 0 Å². The van der Waals surface area contributed by atoms with Crippen molar-refractivity contribution in [3.05, 3.63) is 18.1 Å². The SMILES string of the molecule is CCCC(C)(C)Nc1cc(COC)ncn1. The van der Waals surface area contributed by atoms with Crippen molar-refractivity contribution in [2.75, 3.05) is 12.4 Å². The van der Waals surface area contributed by atoms with Crippen LogP contribution < -0.4 is 5.32 Å². The van der Waals surface area contributed by atoms with Gasteiger partial charge in [-0.05, 0) is 20.3 Å². The van der Waals surface area contributed by atoms with Crippen LogP contribution in [0, 0.1) is 0 Å². The first-order valence-corrected chi connectivity index (χ1v) is 5.65. The van der Waals surface area contributed by atoms with E-state index in [4.69, 9.17) is 4.74 Å². The monoisotopic (exact) mass is 223 g/mol. The fraction of sp³-hybridized carbons (Fsp3) is 0.667. The molecule has 1 heterocycles. The molecule has 4 nitrogen and oxygen atoms in total. The van der Waals surface area contributed by atoms with Gasteiger partial charge < -0.3 is 10.1 Å². The highest BCUT2D eigenvalue weighted by atomic mass is 16.5. The van der Waals surface area contributed by atoms with E-state index in [0.29, 0.717) is 6.61 Å². The Morgan fingerprint density at radius 3 is 2.75 bits per heavy atom. The minimum Gasteiger partial charge on any atom is -0.378 e. The average Bonchev–Trinajstić information content (AvgIpc) is 2.17. The number of ether oxygens (including phenoxy) is 1. The predicted octanol–water partition coefficient (Wildman–Crippen LogP) is 2.61. The van der Waals surface area contributed by atoms with Gasteiger partial charge in [0.05, 0.1) is 12.3 Å². The zero-order valence-electron chi connectivity index (χ0n) is 10.6. The number of hydrogen-bond acceptors (Lipinski definition) is 4. The number of methoxy groups -OCH3 is 1. The van der Waals surface area contributed by atoms with Crippen LogP contribution in [0.25, 0.3) is 0 Å². The third-order valence-electron chi connectivity index (χ3n) is 2.36. The molecule has 1 aromatic heterocycles. The van der Waals surface area contributed by atoms with Gasteiger partial charge in [-0.3, -0.25) is 0 Å². The highest BCUT2D eigenvalue weighted by Crippen LogP contribution is 2.17. The second-order valence-electron chi connectivity index (χ2n) is 4.59. The maximum atomic E-state index is 5.04. The summed E-state index contributed by atoms with van der Waals surface area (Å²) in [6, 6.07) is 1.93. The summed E-state index contributed by atoms with van der Waals surface area (Å²) in [5, 5.41) is 3.41. The minimum atomic E-state index is 0.0629. The van der Waals surface area contributed by atoms with Gasteiger partial charge in [0.2, 0.25) is 0 Å². The Bertz CT molecular complexity index is 326. The Kier molecular flexibility index (Phi) is 4.68. The van der Waals surface area contributed by atoms with E-state index in [2.05, 4.69) is 36.1 Å². The van der Waals surface area contributed by atoms with Gasteiger partial charge in [0, 0.05) is 18.7 Å². The summed E-state index contributed by atoms with van der Waals surface area (Å²) in [5.41, 5.74) is 0.959. The molecular weight excluding hydrogens is 202 g/mol. The van der Waals surface area contributed by atoms with E-state index in [1.54, 1.807) is 13.4 Å². The fourth-order valence-electron chi connectivity index (χ4n) is 1.73. The van der Waals surface area contributed by atoms with Crippen LogP contribution in [0.1, 0.15) is 39.3 Å². The number of anilines is 1. The topological polar surface area (TPSA) is 47.0 Å². The maximum Gasteiger partial charge on any atom is 0.130 e. The normalized spacial score (nSPS) is 11.5. The summed E-state index contributed by atoms with van der Waals surface area (Å²) in [7, 11) is 1.66. The lowest BCUT2D eigenvalue weighted by Crippen LogP contribution is -2.31. The molecule has 0 aliphatic rings. The van der Waals surface area contributed by atoms with Crippen molar-refractivity contribution in [2.45, 2.75) is 45.8 Å². The molecule has 1 N–H and O–H groups in total. The van der Waals surface area contributed by atoms with Gasteiger partial charge in [-0.25, -0.2) is 9.97 Å². The summed E-state index contributed by atoms with van der Waals surface area (Å²) in [6.45, 7) is 7.05. The molecule has 0 saturated heterocycles. The summed E-state index contributed by atoms with van der Waals surface area (Å²) in [5.74, 6) is 0.862. The summed E-state index contributed by atoms with van der Waals surface area (Å²) in [6.07, 6.45) is 3.82. The third-order valence-corrected chi connectivity index (χ3v) is 2.36. The van der Waals surface area contributed by atoms with Crippen LogP contribution in [0.15, 0.2) is 12.4 Å².